The van der Waals surface area contributed by atoms with Gasteiger partial charge in [0, 0.05) is 12.1 Å². The first-order chi connectivity index (χ1) is 6.79. The molecule has 0 aliphatic rings. The highest BCUT2D eigenvalue weighted by Crippen LogP contribution is 1.83. The lowest BCUT2D eigenvalue weighted by Gasteiger charge is -1.80. The lowest BCUT2D eigenvalue weighted by atomic mass is 10.6. The second-order valence-corrected chi connectivity index (χ2v) is 2.09. The summed E-state index contributed by atoms with van der Waals surface area (Å²) in [4.78, 5) is 0. The maximum atomic E-state index is 5.14. The van der Waals surface area contributed by atoms with E-state index in [0.29, 0.717) is 11.6 Å². The van der Waals surface area contributed by atoms with Gasteiger partial charge in [0.05, 0.1) is 12.4 Å². The average molecular weight is 265 g/mol. The minimum absolute atomic E-state index is 0. The normalized spacial score (nSPS) is 7.50. The number of rotatable bonds is 0. The third kappa shape index (κ3) is 7.59. The fourth-order valence-corrected chi connectivity index (χ4v) is 0.501. The van der Waals surface area contributed by atoms with Gasteiger partial charge in [0.15, 0.2) is 0 Å². The largest absolute Gasteiger partial charge is 0.382 e. The van der Waals surface area contributed by atoms with Gasteiger partial charge in [-0.05, 0) is 10.4 Å². The van der Waals surface area contributed by atoms with Gasteiger partial charge in [-0.3, -0.25) is 0 Å². The molecule has 16 heavy (non-hydrogen) atoms. The van der Waals surface area contributed by atoms with Crippen LogP contribution < -0.4 is 11.5 Å². The molecular weight excluding hydrogens is 255 g/mol. The molecule has 0 amide bonds. The Morgan fingerprint density at radius 1 is 0.750 bits per heavy atom. The molecule has 2 heterocycles. The molecule has 0 radical (unpaired) electrons. The third-order valence-electron chi connectivity index (χ3n) is 1.05. The molecule has 0 unspecified atom stereocenters. The zero-order chi connectivity index (χ0) is 10.2. The predicted octanol–water partition coefficient (Wildman–Crippen LogP) is -0.249. The van der Waals surface area contributed by atoms with Gasteiger partial charge < -0.3 is 11.5 Å². The topological polar surface area (TPSA) is 129 Å². The van der Waals surface area contributed by atoms with Gasteiger partial charge in [-0.15, -0.1) is 45.2 Å². The van der Waals surface area contributed by atoms with Crippen molar-refractivity contribution in [2.45, 2.75) is 0 Å². The molecule has 4 N–H and O–H groups in total. The summed E-state index contributed by atoms with van der Waals surface area (Å²) in [6.07, 6.45) is 2.98. The zero-order valence-corrected chi connectivity index (χ0v) is 9.60. The first-order valence-electron chi connectivity index (χ1n) is 3.58. The number of aromatic nitrogens is 6. The van der Waals surface area contributed by atoms with Crippen LogP contribution in [0.5, 0.6) is 0 Å². The molecule has 0 aliphatic carbocycles. The van der Waals surface area contributed by atoms with Crippen molar-refractivity contribution in [1.82, 2.24) is 30.8 Å². The van der Waals surface area contributed by atoms with Crippen LogP contribution in [-0.2, 0) is 0 Å². The summed E-state index contributed by atoms with van der Waals surface area (Å²) in [5.74, 6) is 0.796. The lowest BCUT2D eigenvalue weighted by molar-refractivity contribution is 0.873. The highest BCUT2D eigenvalue weighted by atomic mass is 35.5. The van der Waals surface area contributed by atoms with E-state index in [4.69, 9.17) is 11.5 Å². The fourth-order valence-electron chi connectivity index (χ4n) is 0.501. The van der Waals surface area contributed by atoms with Crippen LogP contribution in [0.1, 0.15) is 0 Å². The smallest absolute Gasteiger partial charge is 0.149 e. The quantitative estimate of drug-likeness (QED) is 0.667. The summed E-state index contributed by atoms with van der Waals surface area (Å²) in [5, 5.41) is 20.1. The summed E-state index contributed by atoms with van der Waals surface area (Å²) >= 11 is 0. The highest BCUT2D eigenvalue weighted by molar-refractivity contribution is 5.85. The molecule has 2 rings (SSSR count). The predicted molar refractivity (Wildman–Crippen MR) is 63.0 cm³/mol. The Labute approximate surface area is 104 Å². The van der Waals surface area contributed by atoms with E-state index in [1.165, 1.54) is 12.4 Å². The molecule has 0 fully saturated rings. The lowest BCUT2D eigenvalue weighted by Crippen LogP contribution is -1.91. The van der Waals surface area contributed by atoms with E-state index >= 15 is 0 Å². The second kappa shape index (κ2) is 9.74. The Hall–Kier alpha value is -1.80. The van der Waals surface area contributed by atoms with E-state index in [-0.39, 0.29) is 24.8 Å². The summed E-state index contributed by atoms with van der Waals surface area (Å²) in [6, 6.07) is 3.15. The minimum atomic E-state index is 0. The van der Waals surface area contributed by atoms with Crippen molar-refractivity contribution in [3.8, 4) is 0 Å². The fraction of sp³-hybridized carbons (Fsp3) is 0. The van der Waals surface area contributed by atoms with E-state index < -0.39 is 0 Å². The van der Waals surface area contributed by atoms with E-state index in [1.807, 2.05) is 0 Å². The number of halogens is 2. The van der Waals surface area contributed by atoms with E-state index in [1.54, 1.807) is 12.1 Å². The SMILES string of the molecule is Cl.Cl.Nc1ccnnn1.Nc1ccnnn1. The van der Waals surface area contributed by atoms with Gasteiger partial charge in [0.2, 0.25) is 0 Å². The standard InChI is InChI=1S/2C3H4N4.2ClH/c2*4-3-1-2-5-7-6-3;;/h2*1-2H,(H2,4,5,6);2*1H. The third-order valence-corrected chi connectivity index (χ3v) is 1.05. The van der Waals surface area contributed by atoms with Crippen LogP contribution in [0.2, 0.25) is 0 Å². The van der Waals surface area contributed by atoms with E-state index in [9.17, 15) is 0 Å². The van der Waals surface area contributed by atoms with Crippen LogP contribution in [0.3, 0.4) is 0 Å². The van der Waals surface area contributed by atoms with Crippen LogP contribution in [0.25, 0.3) is 0 Å². The second-order valence-electron chi connectivity index (χ2n) is 2.09. The number of nitrogen functional groups attached to an aromatic ring is 2. The summed E-state index contributed by atoms with van der Waals surface area (Å²) in [5.41, 5.74) is 10.3. The molecule has 2 aromatic rings. The number of nitrogens with two attached hydrogens (primary N) is 2. The Balaban J connectivity index is 0. The monoisotopic (exact) mass is 264 g/mol. The Kier molecular flexibility index (Phi) is 10.1. The highest BCUT2D eigenvalue weighted by Gasteiger charge is 1.77. The van der Waals surface area contributed by atoms with Crippen LogP contribution in [0.15, 0.2) is 24.5 Å². The summed E-state index contributed by atoms with van der Waals surface area (Å²) in [6.45, 7) is 0. The van der Waals surface area contributed by atoms with Crippen molar-refractivity contribution in [3.63, 3.8) is 0 Å². The van der Waals surface area contributed by atoms with Crippen molar-refractivity contribution in [2.24, 2.45) is 0 Å². The molecule has 0 bridgehead atoms. The van der Waals surface area contributed by atoms with Crippen molar-refractivity contribution >= 4 is 36.4 Å². The van der Waals surface area contributed by atoms with Gasteiger partial charge >= 0.3 is 0 Å². The van der Waals surface area contributed by atoms with Crippen LogP contribution >= 0.6 is 24.8 Å². The Morgan fingerprint density at radius 2 is 1.12 bits per heavy atom. The molecule has 0 saturated heterocycles. The van der Waals surface area contributed by atoms with Crippen molar-refractivity contribution in [2.75, 3.05) is 11.5 Å². The Bertz CT molecular complexity index is 320. The van der Waals surface area contributed by atoms with Crippen LogP contribution in [0.4, 0.5) is 11.6 Å². The molecular formula is C6H10Cl2N8. The molecule has 0 atom stereocenters. The average Bonchev–Trinajstić information content (AvgIpc) is 2.21. The van der Waals surface area contributed by atoms with Gasteiger partial charge in [-0.1, -0.05) is 0 Å². The van der Waals surface area contributed by atoms with Crippen molar-refractivity contribution < 1.29 is 0 Å². The maximum absolute atomic E-state index is 5.14. The maximum Gasteiger partial charge on any atom is 0.149 e. The molecule has 10 heteroatoms. The molecule has 0 aliphatic heterocycles. The number of anilines is 2. The Morgan fingerprint density at radius 3 is 1.25 bits per heavy atom. The van der Waals surface area contributed by atoms with E-state index in [2.05, 4.69) is 30.8 Å². The van der Waals surface area contributed by atoms with Crippen molar-refractivity contribution in [3.05, 3.63) is 24.5 Å². The molecule has 0 aromatic carbocycles. The van der Waals surface area contributed by atoms with Gasteiger partial charge in [0.25, 0.3) is 0 Å². The molecule has 0 saturated carbocycles. The van der Waals surface area contributed by atoms with Crippen LogP contribution in [0, 0.1) is 0 Å². The molecule has 88 valence electrons. The van der Waals surface area contributed by atoms with E-state index in [0.717, 1.165) is 0 Å². The molecule has 0 spiro atoms. The van der Waals surface area contributed by atoms with Gasteiger partial charge in [-0.2, -0.15) is 0 Å². The van der Waals surface area contributed by atoms with Crippen molar-refractivity contribution in [1.29, 1.82) is 0 Å². The van der Waals surface area contributed by atoms with Gasteiger partial charge in [-0.25, -0.2) is 0 Å². The molecule has 2 aromatic heterocycles. The van der Waals surface area contributed by atoms with Crippen LogP contribution in [-0.4, -0.2) is 30.8 Å². The first-order valence-corrected chi connectivity index (χ1v) is 3.58. The number of nitrogens with zero attached hydrogens (tertiary/aromatic N) is 6. The number of hydrogen-bond acceptors (Lipinski definition) is 8. The zero-order valence-electron chi connectivity index (χ0n) is 7.96. The minimum Gasteiger partial charge on any atom is -0.382 e. The summed E-state index contributed by atoms with van der Waals surface area (Å²) in [7, 11) is 0. The molecule has 8 nitrogen and oxygen atoms in total. The van der Waals surface area contributed by atoms with Gasteiger partial charge in [0.1, 0.15) is 11.6 Å². The summed E-state index contributed by atoms with van der Waals surface area (Å²) < 4.78 is 0. The first kappa shape index (κ1) is 16.6. The number of hydrogen-bond donors (Lipinski definition) is 2.